The molecule has 0 aliphatic carbocycles. The van der Waals surface area contributed by atoms with Crippen LogP contribution in [0.25, 0.3) is 6.08 Å². The summed E-state index contributed by atoms with van der Waals surface area (Å²) >= 11 is 0. The first-order valence-electron chi connectivity index (χ1n) is 11.8. The smallest absolute Gasteiger partial charge is 0.229 e. The highest BCUT2D eigenvalue weighted by atomic mass is 16.7. The van der Waals surface area contributed by atoms with Crippen LogP contribution >= 0.6 is 0 Å². The van der Waals surface area contributed by atoms with Gasteiger partial charge < -0.3 is 54.3 Å². The lowest BCUT2D eigenvalue weighted by molar-refractivity contribution is -0.277. The van der Waals surface area contributed by atoms with Crippen molar-refractivity contribution < 1.29 is 54.3 Å². The van der Waals surface area contributed by atoms with Gasteiger partial charge in [-0.2, -0.15) is 0 Å². The summed E-state index contributed by atoms with van der Waals surface area (Å²) < 4.78 is 28.4. The Labute approximate surface area is 213 Å². The van der Waals surface area contributed by atoms with E-state index in [1.165, 1.54) is 14.2 Å². The molecule has 2 aliphatic rings. The van der Waals surface area contributed by atoms with Crippen LogP contribution in [-0.2, 0) is 4.74 Å². The highest BCUT2D eigenvalue weighted by Crippen LogP contribution is 2.51. The third kappa shape index (κ3) is 5.25. The summed E-state index contributed by atoms with van der Waals surface area (Å²) in [5.41, 5.74) is 2.21. The number of hydrogen-bond donors (Lipinski definition) is 6. The molecule has 2 aromatic rings. The van der Waals surface area contributed by atoms with Gasteiger partial charge in [0.25, 0.3) is 0 Å². The molecule has 0 spiro atoms. The lowest BCUT2D eigenvalue weighted by Crippen LogP contribution is -2.60. The number of hydrogen-bond acceptors (Lipinski definition) is 11. The minimum atomic E-state index is -1.58. The fourth-order valence-corrected chi connectivity index (χ4v) is 4.60. The summed E-state index contributed by atoms with van der Waals surface area (Å²) in [7, 11) is 2.95. The minimum Gasteiger partial charge on any atom is -0.493 e. The zero-order chi connectivity index (χ0) is 26.7. The van der Waals surface area contributed by atoms with E-state index in [4.69, 9.17) is 28.8 Å². The zero-order valence-electron chi connectivity index (χ0n) is 20.4. The molecule has 4 rings (SSSR count). The number of rotatable bonds is 9. The Balaban J connectivity index is 1.61. The molecule has 0 unspecified atom stereocenters. The van der Waals surface area contributed by atoms with E-state index < -0.39 is 49.3 Å². The summed E-state index contributed by atoms with van der Waals surface area (Å²) in [5.74, 6) is 1.03. The third-order valence-corrected chi connectivity index (χ3v) is 6.56. The predicted molar refractivity (Wildman–Crippen MR) is 130 cm³/mol. The van der Waals surface area contributed by atoms with Crippen LogP contribution in [0.15, 0.2) is 36.4 Å². The van der Waals surface area contributed by atoms with Crippen LogP contribution in [0, 0.1) is 0 Å². The monoisotopic (exact) mass is 520 g/mol. The first kappa shape index (κ1) is 27.1. The van der Waals surface area contributed by atoms with E-state index in [-0.39, 0.29) is 24.7 Å². The first-order chi connectivity index (χ1) is 17.9. The van der Waals surface area contributed by atoms with E-state index in [1.54, 1.807) is 36.4 Å². The molecule has 11 nitrogen and oxygen atoms in total. The average molecular weight is 521 g/mol. The Bertz CT molecular complexity index is 1100. The highest BCUT2D eigenvalue weighted by Gasteiger charge is 2.45. The summed E-state index contributed by atoms with van der Waals surface area (Å²) in [6, 6.07) is 8.60. The molecule has 202 valence electrons. The SMILES string of the molecule is COc1cc([C@@H]2Oc3c(OC)cc(/C=C/CO)cc3[C@@H]2CO)ccc1O[C@@H]1O[C@H](CO)[C@@H](O)[C@H](O)[C@H]1O. The van der Waals surface area contributed by atoms with Crippen LogP contribution in [0.2, 0.25) is 0 Å². The second kappa shape index (κ2) is 11.7. The van der Waals surface area contributed by atoms with Gasteiger partial charge in [-0.15, -0.1) is 0 Å². The maximum Gasteiger partial charge on any atom is 0.229 e. The number of benzene rings is 2. The van der Waals surface area contributed by atoms with E-state index in [0.29, 0.717) is 17.1 Å². The number of aliphatic hydroxyl groups excluding tert-OH is 6. The minimum absolute atomic E-state index is 0.112. The molecule has 1 fully saturated rings. The molecule has 0 radical (unpaired) electrons. The van der Waals surface area contributed by atoms with Gasteiger partial charge in [0, 0.05) is 5.56 Å². The van der Waals surface area contributed by atoms with Crippen molar-refractivity contribution in [3.05, 3.63) is 53.1 Å². The second-order valence-electron chi connectivity index (χ2n) is 8.78. The van der Waals surface area contributed by atoms with Gasteiger partial charge in [-0.1, -0.05) is 18.2 Å². The fraction of sp³-hybridized carbons (Fsp3) is 0.462. The molecule has 11 heteroatoms. The molecule has 1 saturated heterocycles. The summed E-state index contributed by atoms with van der Waals surface area (Å²) in [5, 5.41) is 59.1. The van der Waals surface area contributed by atoms with E-state index in [2.05, 4.69) is 0 Å². The molecule has 7 atom stereocenters. The number of fused-ring (bicyclic) bond motifs is 1. The molecule has 0 bridgehead atoms. The Hall–Kier alpha value is -2.90. The Morgan fingerprint density at radius 1 is 0.865 bits per heavy atom. The van der Waals surface area contributed by atoms with Crippen LogP contribution < -0.4 is 18.9 Å². The number of methoxy groups -OCH3 is 2. The van der Waals surface area contributed by atoms with Crippen molar-refractivity contribution in [2.45, 2.75) is 42.7 Å². The lowest BCUT2D eigenvalue weighted by atomic mass is 9.90. The van der Waals surface area contributed by atoms with Crippen molar-refractivity contribution in [1.29, 1.82) is 0 Å². The zero-order valence-corrected chi connectivity index (χ0v) is 20.4. The molecule has 0 aromatic heterocycles. The molecule has 2 heterocycles. The Kier molecular flexibility index (Phi) is 8.55. The summed E-state index contributed by atoms with van der Waals surface area (Å²) in [6.07, 6.45) is -4.38. The molecule has 2 aromatic carbocycles. The molecule has 2 aliphatic heterocycles. The second-order valence-corrected chi connectivity index (χ2v) is 8.78. The van der Waals surface area contributed by atoms with E-state index in [9.17, 15) is 25.5 Å². The summed E-state index contributed by atoms with van der Waals surface area (Å²) in [4.78, 5) is 0. The fourth-order valence-electron chi connectivity index (χ4n) is 4.60. The summed E-state index contributed by atoms with van der Waals surface area (Å²) in [6.45, 7) is -0.900. The van der Waals surface area contributed by atoms with Gasteiger partial charge in [0.1, 0.15) is 30.5 Å². The highest BCUT2D eigenvalue weighted by molar-refractivity contribution is 5.62. The normalized spacial score (nSPS) is 29.1. The van der Waals surface area contributed by atoms with Crippen LogP contribution in [0.3, 0.4) is 0 Å². The molecule has 37 heavy (non-hydrogen) atoms. The number of ether oxygens (including phenoxy) is 5. The van der Waals surface area contributed by atoms with Crippen molar-refractivity contribution in [2.24, 2.45) is 0 Å². The van der Waals surface area contributed by atoms with Crippen molar-refractivity contribution in [3.63, 3.8) is 0 Å². The Morgan fingerprint density at radius 3 is 2.27 bits per heavy atom. The van der Waals surface area contributed by atoms with Gasteiger partial charge in [-0.25, -0.2) is 0 Å². The standard InChI is InChI=1S/C26H32O11/c1-33-18-10-14(5-6-17(18)35-26-23(32)22(31)21(30)20(12-29)36-26)24-16(11-28)15-8-13(4-3-7-27)9-19(34-2)25(15)37-24/h3-6,8-10,16,20-24,26-32H,7,11-12H2,1-2H3/b4-3+/t16-,20+,21+,22-,23+,24-,26+/m0/s1. The predicted octanol–water partition coefficient (Wildman–Crippen LogP) is 0.0976. The van der Waals surface area contributed by atoms with E-state index in [0.717, 1.165) is 11.1 Å². The van der Waals surface area contributed by atoms with Crippen LogP contribution in [0.5, 0.6) is 23.0 Å². The maximum atomic E-state index is 10.3. The van der Waals surface area contributed by atoms with Crippen LogP contribution in [0.1, 0.15) is 28.7 Å². The first-order valence-corrected chi connectivity index (χ1v) is 11.8. The van der Waals surface area contributed by atoms with Gasteiger partial charge >= 0.3 is 0 Å². The Morgan fingerprint density at radius 2 is 1.62 bits per heavy atom. The van der Waals surface area contributed by atoms with Gasteiger partial charge in [0.2, 0.25) is 6.29 Å². The third-order valence-electron chi connectivity index (χ3n) is 6.56. The maximum absolute atomic E-state index is 10.3. The molecule has 0 amide bonds. The average Bonchev–Trinajstić information content (AvgIpc) is 3.30. The van der Waals surface area contributed by atoms with Crippen molar-refractivity contribution >= 4 is 6.08 Å². The topological polar surface area (TPSA) is 168 Å². The molecular weight excluding hydrogens is 488 g/mol. The van der Waals surface area contributed by atoms with Crippen LogP contribution in [0.4, 0.5) is 0 Å². The largest absolute Gasteiger partial charge is 0.493 e. The van der Waals surface area contributed by atoms with Gasteiger partial charge in [-0.3, -0.25) is 0 Å². The quantitative estimate of drug-likeness (QED) is 0.265. The van der Waals surface area contributed by atoms with Crippen molar-refractivity contribution in [2.75, 3.05) is 34.0 Å². The van der Waals surface area contributed by atoms with Gasteiger partial charge in [0.05, 0.1) is 40.0 Å². The van der Waals surface area contributed by atoms with Crippen molar-refractivity contribution in [1.82, 2.24) is 0 Å². The van der Waals surface area contributed by atoms with E-state index in [1.807, 2.05) is 6.07 Å². The van der Waals surface area contributed by atoms with Gasteiger partial charge in [0.15, 0.2) is 23.0 Å². The lowest BCUT2D eigenvalue weighted by Gasteiger charge is -2.39. The molecular formula is C26H32O11. The number of aliphatic hydroxyl groups is 6. The van der Waals surface area contributed by atoms with Gasteiger partial charge in [-0.05, 0) is 35.4 Å². The molecule has 0 saturated carbocycles. The van der Waals surface area contributed by atoms with Crippen LogP contribution in [-0.4, -0.2) is 95.4 Å². The molecule has 6 N–H and O–H groups in total. The van der Waals surface area contributed by atoms with Crippen molar-refractivity contribution in [3.8, 4) is 23.0 Å². The van der Waals surface area contributed by atoms with E-state index >= 15 is 0 Å².